The van der Waals surface area contributed by atoms with Gasteiger partial charge in [0.05, 0.1) is 28.1 Å². The van der Waals surface area contributed by atoms with E-state index in [4.69, 9.17) is 0 Å². The molecule has 1 aliphatic carbocycles. The molecule has 0 radical (unpaired) electrons. The highest BCUT2D eigenvalue weighted by molar-refractivity contribution is 5.80. The lowest BCUT2D eigenvalue weighted by molar-refractivity contribution is -0.384. The molecule has 1 aromatic carbocycles. The Hall–Kier alpha value is -2.15. The minimum Gasteiger partial charge on any atom is -0.391 e. The number of nitro benzene ring substituents is 1. The number of aromatic amines is 1. The Balaban J connectivity index is 1.91. The summed E-state index contributed by atoms with van der Waals surface area (Å²) in [6.45, 7) is 0. The van der Waals surface area contributed by atoms with Gasteiger partial charge in [-0.25, -0.2) is 4.98 Å². The Morgan fingerprint density at radius 2 is 2.19 bits per heavy atom. The molecule has 7 heteroatoms. The van der Waals surface area contributed by atoms with Gasteiger partial charge in [-0.2, -0.15) is 0 Å². The molecule has 2 aromatic rings. The first-order chi connectivity index (χ1) is 10.1. The van der Waals surface area contributed by atoms with Crippen molar-refractivity contribution in [2.75, 3.05) is 11.9 Å². The van der Waals surface area contributed by atoms with Crippen LogP contribution in [-0.2, 0) is 0 Å². The number of rotatable bonds is 3. The number of likely N-dealkylation sites (N-methyl/N-ethyl adjacent to an activating group) is 1. The zero-order chi connectivity index (χ0) is 15.0. The number of imidazole rings is 1. The third kappa shape index (κ3) is 2.56. The number of benzene rings is 1. The van der Waals surface area contributed by atoms with Crippen molar-refractivity contribution in [3.05, 3.63) is 28.3 Å². The Labute approximate surface area is 121 Å². The van der Waals surface area contributed by atoms with Gasteiger partial charge in [-0.05, 0) is 18.9 Å². The number of hydrogen-bond acceptors (Lipinski definition) is 5. The standard InChI is InChI=1S/C14H18N4O3/c1-17(12-4-2-3-5-13(12)19)14-15-10-7-6-9(18(20)21)8-11(10)16-14/h6-8,12-13,19H,2-5H2,1H3,(H,15,16). The van der Waals surface area contributed by atoms with Crippen LogP contribution in [0.15, 0.2) is 18.2 Å². The van der Waals surface area contributed by atoms with Crippen LogP contribution in [0, 0.1) is 10.1 Å². The van der Waals surface area contributed by atoms with Crippen LogP contribution in [0.2, 0.25) is 0 Å². The van der Waals surface area contributed by atoms with Crippen molar-refractivity contribution >= 4 is 22.7 Å². The second kappa shape index (κ2) is 5.33. The van der Waals surface area contributed by atoms with E-state index in [9.17, 15) is 15.2 Å². The van der Waals surface area contributed by atoms with Gasteiger partial charge in [0.15, 0.2) is 0 Å². The molecule has 2 atom stereocenters. The van der Waals surface area contributed by atoms with E-state index in [-0.39, 0.29) is 17.8 Å². The van der Waals surface area contributed by atoms with Crippen molar-refractivity contribution in [2.24, 2.45) is 0 Å². The lowest BCUT2D eigenvalue weighted by Gasteiger charge is -2.34. The summed E-state index contributed by atoms with van der Waals surface area (Å²) in [6.07, 6.45) is 3.52. The zero-order valence-electron chi connectivity index (χ0n) is 11.8. The number of aliphatic hydroxyl groups excluding tert-OH is 1. The molecular weight excluding hydrogens is 272 g/mol. The number of nitrogens with one attached hydrogen (secondary N) is 1. The SMILES string of the molecule is CN(c1nc2ccc([N+](=O)[O-])cc2[nH]1)C1CCCCC1O. The second-order valence-corrected chi connectivity index (χ2v) is 5.55. The van der Waals surface area contributed by atoms with Crippen LogP contribution in [0.25, 0.3) is 11.0 Å². The van der Waals surface area contributed by atoms with Gasteiger partial charge in [-0.15, -0.1) is 0 Å². The van der Waals surface area contributed by atoms with Crippen LogP contribution < -0.4 is 4.90 Å². The van der Waals surface area contributed by atoms with E-state index in [2.05, 4.69) is 9.97 Å². The van der Waals surface area contributed by atoms with E-state index in [1.807, 2.05) is 11.9 Å². The summed E-state index contributed by atoms with van der Waals surface area (Å²) < 4.78 is 0. The largest absolute Gasteiger partial charge is 0.391 e. The fourth-order valence-corrected chi connectivity index (χ4v) is 2.97. The average Bonchev–Trinajstić information content (AvgIpc) is 2.89. The number of aromatic nitrogens is 2. The van der Waals surface area contributed by atoms with Crippen molar-refractivity contribution in [3.8, 4) is 0 Å². The van der Waals surface area contributed by atoms with Crippen molar-refractivity contribution in [2.45, 2.75) is 37.8 Å². The van der Waals surface area contributed by atoms with E-state index in [1.165, 1.54) is 12.1 Å². The van der Waals surface area contributed by atoms with Gasteiger partial charge in [-0.1, -0.05) is 12.8 Å². The topological polar surface area (TPSA) is 95.3 Å². The third-order valence-corrected chi connectivity index (χ3v) is 4.19. The van der Waals surface area contributed by atoms with Gasteiger partial charge in [-0.3, -0.25) is 10.1 Å². The molecule has 112 valence electrons. The van der Waals surface area contributed by atoms with Crippen molar-refractivity contribution in [1.82, 2.24) is 9.97 Å². The molecule has 7 nitrogen and oxygen atoms in total. The van der Waals surface area contributed by atoms with E-state index < -0.39 is 4.92 Å². The number of hydrogen-bond donors (Lipinski definition) is 2. The monoisotopic (exact) mass is 290 g/mol. The normalized spacial score (nSPS) is 22.4. The highest BCUT2D eigenvalue weighted by Crippen LogP contribution is 2.27. The molecule has 0 bridgehead atoms. The van der Waals surface area contributed by atoms with Gasteiger partial charge in [0.1, 0.15) is 0 Å². The van der Waals surface area contributed by atoms with Crippen molar-refractivity contribution in [1.29, 1.82) is 0 Å². The van der Waals surface area contributed by atoms with Gasteiger partial charge in [0.25, 0.3) is 5.69 Å². The quantitative estimate of drug-likeness (QED) is 0.667. The Morgan fingerprint density at radius 1 is 1.43 bits per heavy atom. The highest BCUT2D eigenvalue weighted by Gasteiger charge is 2.28. The molecular formula is C14H18N4O3. The first-order valence-corrected chi connectivity index (χ1v) is 7.11. The summed E-state index contributed by atoms with van der Waals surface area (Å²) in [6, 6.07) is 4.60. The summed E-state index contributed by atoms with van der Waals surface area (Å²) in [4.78, 5) is 19.9. The molecule has 1 aromatic heterocycles. The molecule has 2 unspecified atom stereocenters. The van der Waals surface area contributed by atoms with Gasteiger partial charge in [0.2, 0.25) is 5.95 Å². The first-order valence-electron chi connectivity index (χ1n) is 7.11. The number of aliphatic hydroxyl groups is 1. The Bertz CT molecular complexity index is 669. The second-order valence-electron chi connectivity index (χ2n) is 5.55. The van der Waals surface area contributed by atoms with Crippen molar-refractivity contribution in [3.63, 3.8) is 0 Å². The van der Waals surface area contributed by atoms with E-state index in [0.29, 0.717) is 17.0 Å². The molecule has 3 rings (SSSR count). The number of nitrogens with zero attached hydrogens (tertiary/aromatic N) is 3. The van der Waals surface area contributed by atoms with Gasteiger partial charge >= 0.3 is 0 Å². The van der Waals surface area contributed by atoms with E-state index in [0.717, 1.165) is 25.7 Å². The molecule has 2 N–H and O–H groups in total. The molecule has 1 aliphatic rings. The molecule has 1 fully saturated rings. The fourth-order valence-electron chi connectivity index (χ4n) is 2.97. The van der Waals surface area contributed by atoms with Gasteiger partial charge in [0, 0.05) is 19.2 Å². The zero-order valence-corrected chi connectivity index (χ0v) is 11.8. The number of fused-ring (bicyclic) bond motifs is 1. The van der Waals surface area contributed by atoms with Gasteiger partial charge < -0.3 is 15.0 Å². The summed E-state index contributed by atoms with van der Waals surface area (Å²) in [7, 11) is 1.89. The molecule has 0 aliphatic heterocycles. The number of H-pyrrole nitrogens is 1. The minimum absolute atomic E-state index is 0.0364. The van der Waals surface area contributed by atoms with E-state index >= 15 is 0 Å². The first kappa shape index (κ1) is 13.8. The Morgan fingerprint density at radius 3 is 2.90 bits per heavy atom. The van der Waals surface area contributed by atoms with Crippen LogP contribution in [0.3, 0.4) is 0 Å². The predicted octanol–water partition coefficient (Wildman–Crippen LogP) is 2.21. The van der Waals surface area contributed by atoms with Crippen molar-refractivity contribution < 1.29 is 10.0 Å². The maximum atomic E-state index is 10.8. The van der Waals surface area contributed by atoms with Crippen LogP contribution in [0.1, 0.15) is 25.7 Å². The average molecular weight is 290 g/mol. The maximum Gasteiger partial charge on any atom is 0.271 e. The lowest BCUT2D eigenvalue weighted by Crippen LogP contribution is -2.43. The molecule has 0 spiro atoms. The number of non-ortho nitro benzene ring substituents is 1. The summed E-state index contributed by atoms with van der Waals surface area (Å²) in [5.41, 5.74) is 1.36. The fraction of sp³-hybridized carbons (Fsp3) is 0.500. The maximum absolute atomic E-state index is 10.8. The van der Waals surface area contributed by atoms with Crippen LogP contribution >= 0.6 is 0 Å². The third-order valence-electron chi connectivity index (χ3n) is 4.19. The lowest BCUT2D eigenvalue weighted by atomic mass is 9.92. The summed E-state index contributed by atoms with van der Waals surface area (Å²) in [5.74, 6) is 0.636. The van der Waals surface area contributed by atoms with Crippen LogP contribution in [-0.4, -0.2) is 39.2 Å². The number of anilines is 1. The molecule has 1 saturated carbocycles. The smallest absolute Gasteiger partial charge is 0.271 e. The highest BCUT2D eigenvalue weighted by atomic mass is 16.6. The summed E-state index contributed by atoms with van der Waals surface area (Å²) in [5, 5.41) is 20.9. The predicted molar refractivity (Wildman–Crippen MR) is 79.4 cm³/mol. The van der Waals surface area contributed by atoms with Crippen LogP contribution in [0.4, 0.5) is 11.6 Å². The molecule has 0 saturated heterocycles. The molecule has 0 amide bonds. The Kier molecular flexibility index (Phi) is 3.50. The number of nitro groups is 1. The minimum atomic E-state index is -0.422. The molecule has 1 heterocycles. The van der Waals surface area contributed by atoms with Crippen LogP contribution in [0.5, 0.6) is 0 Å². The summed E-state index contributed by atoms with van der Waals surface area (Å²) >= 11 is 0. The molecule has 21 heavy (non-hydrogen) atoms. The van der Waals surface area contributed by atoms with E-state index in [1.54, 1.807) is 6.07 Å².